The fraction of sp³-hybridized carbons (Fsp3) is 0.688. The number of carbonyl (C=O) groups excluding carboxylic acids is 1. The van der Waals surface area contributed by atoms with Crippen molar-refractivity contribution in [3.05, 3.63) is 22.4 Å². The zero-order chi connectivity index (χ0) is 14.1. The quantitative estimate of drug-likeness (QED) is 0.846. The predicted octanol–water partition coefficient (Wildman–Crippen LogP) is 3.54. The second-order valence-corrected chi connectivity index (χ2v) is 7.30. The lowest BCUT2D eigenvalue weighted by Gasteiger charge is -2.32. The molecule has 3 nitrogen and oxygen atoms in total. The minimum Gasteiger partial charge on any atom is -0.318 e. The topological polar surface area (TPSA) is 32.3 Å². The number of rotatable bonds is 2. The van der Waals surface area contributed by atoms with Gasteiger partial charge >= 0.3 is 0 Å². The van der Waals surface area contributed by atoms with Crippen LogP contribution in [0, 0.1) is 5.92 Å². The van der Waals surface area contributed by atoms with E-state index in [0.29, 0.717) is 6.04 Å². The van der Waals surface area contributed by atoms with Gasteiger partial charge in [-0.1, -0.05) is 25.8 Å². The number of nitrogens with zero attached hydrogens (tertiary/aromatic N) is 1. The first-order valence-electron chi connectivity index (χ1n) is 7.78. The van der Waals surface area contributed by atoms with E-state index in [1.807, 2.05) is 6.92 Å². The van der Waals surface area contributed by atoms with Crippen molar-refractivity contribution in [3.63, 3.8) is 0 Å². The summed E-state index contributed by atoms with van der Waals surface area (Å²) in [6, 6.07) is 4.57. The van der Waals surface area contributed by atoms with Crippen LogP contribution in [0.25, 0.3) is 0 Å². The van der Waals surface area contributed by atoms with E-state index in [1.165, 1.54) is 24.1 Å². The molecule has 0 radical (unpaired) electrons. The second-order valence-electron chi connectivity index (χ2n) is 6.32. The van der Waals surface area contributed by atoms with Gasteiger partial charge in [0.25, 0.3) is 0 Å². The Morgan fingerprint density at radius 3 is 2.85 bits per heavy atom. The monoisotopic (exact) mass is 292 g/mol. The van der Waals surface area contributed by atoms with Crippen molar-refractivity contribution in [1.82, 2.24) is 10.2 Å². The lowest BCUT2D eigenvalue weighted by Crippen LogP contribution is -2.39. The highest BCUT2D eigenvalue weighted by atomic mass is 32.1. The summed E-state index contributed by atoms with van der Waals surface area (Å²) in [6.45, 7) is 4.33. The largest absolute Gasteiger partial charge is 0.318 e. The van der Waals surface area contributed by atoms with Crippen LogP contribution < -0.4 is 5.32 Å². The molecule has 4 unspecified atom stereocenters. The molecule has 1 amide bonds. The Kier molecular flexibility index (Phi) is 4.13. The summed E-state index contributed by atoms with van der Waals surface area (Å²) in [7, 11) is 0. The highest BCUT2D eigenvalue weighted by Gasteiger charge is 2.41. The second kappa shape index (κ2) is 5.86. The molecule has 2 aliphatic rings. The first-order chi connectivity index (χ1) is 9.66. The van der Waals surface area contributed by atoms with E-state index in [9.17, 15) is 4.79 Å². The maximum absolute atomic E-state index is 12.6. The van der Waals surface area contributed by atoms with Gasteiger partial charge in [-0.2, -0.15) is 0 Å². The van der Waals surface area contributed by atoms with Crippen LogP contribution in [0.4, 0.5) is 0 Å². The van der Waals surface area contributed by atoms with E-state index in [2.05, 4.69) is 34.7 Å². The number of hydrogen-bond acceptors (Lipinski definition) is 3. The Labute approximate surface area is 125 Å². The van der Waals surface area contributed by atoms with Crippen LogP contribution in [0.5, 0.6) is 0 Å². The minimum absolute atomic E-state index is 0.0530. The summed E-state index contributed by atoms with van der Waals surface area (Å²) in [4.78, 5) is 16.0. The molecular formula is C16H24N2OS. The van der Waals surface area contributed by atoms with Crippen LogP contribution in [0.3, 0.4) is 0 Å². The van der Waals surface area contributed by atoms with Crippen molar-refractivity contribution in [1.29, 1.82) is 0 Å². The molecule has 4 atom stereocenters. The van der Waals surface area contributed by atoms with Crippen molar-refractivity contribution in [2.45, 2.75) is 64.2 Å². The molecule has 1 saturated heterocycles. The third-order valence-corrected chi connectivity index (χ3v) is 5.67. The molecule has 4 heteroatoms. The van der Waals surface area contributed by atoms with Crippen LogP contribution in [-0.2, 0) is 4.79 Å². The first-order valence-corrected chi connectivity index (χ1v) is 8.66. The van der Waals surface area contributed by atoms with Gasteiger partial charge in [0.05, 0.1) is 6.04 Å². The van der Waals surface area contributed by atoms with Gasteiger partial charge in [0.15, 0.2) is 0 Å². The first kappa shape index (κ1) is 14.1. The normalized spacial score (nSPS) is 35.3. The fourth-order valence-corrected chi connectivity index (χ4v) is 4.32. The number of hydrogen-bond donors (Lipinski definition) is 1. The smallest absolute Gasteiger partial charge is 0.241 e. The molecule has 1 aliphatic heterocycles. The fourth-order valence-electron chi connectivity index (χ4n) is 3.54. The molecule has 20 heavy (non-hydrogen) atoms. The molecule has 0 spiro atoms. The number of nitrogens with one attached hydrogen (secondary N) is 1. The zero-order valence-corrected chi connectivity index (χ0v) is 13.2. The maximum atomic E-state index is 12.6. The van der Waals surface area contributed by atoms with E-state index >= 15 is 0 Å². The van der Waals surface area contributed by atoms with Crippen LogP contribution in [0.1, 0.15) is 57.0 Å². The molecule has 0 aromatic carbocycles. The van der Waals surface area contributed by atoms with E-state index in [4.69, 9.17) is 0 Å². The molecular weight excluding hydrogens is 268 g/mol. The van der Waals surface area contributed by atoms with Crippen molar-refractivity contribution in [2.24, 2.45) is 5.92 Å². The van der Waals surface area contributed by atoms with E-state index < -0.39 is 0 Å². The SMILES string of the molecule is CC1CCCC(N2C(=O)C(C)NC2c2cccs2)CC1. The summed E-state index contributed by atoms with van der Waals surface area (Å²) < 4.78 is 0. The van der Waals surface area contributed by atoms with Crippen LogP contribution >= 0.6 is 11.3 Å². The predicted molar refractivity (Wildman–Crippen MR) is 82.5 cm³/mol. The molecule has 0 bridgehead atoms. The average molecular weight is 292 g/mol. The van der Waals surface area contributed by atoms with Crippen molar-refractivity contribution in [3.8, 4) is 0 Å². The van der Waals surface area contributed by atoms with Gasteiger partial charge in [-0.25, -0.2) is 0 Å². The van der Waals surface area contributed by atoms with E-state index in [0.717, 1.165) is 18.8 Å². The van der Waals surface area contributed by atoms with E-state index in [1.54, 1.807) is 11.3 Å². The number of carbonyl (C=O) groups is 1. The van der Waals surface area contributed by atoms with Gasteiger partial charge in [0.2, 0.25) is 5.91 Å². The zero-order valence-electron chi connectivity index (χ0n) is 12.3. The summed E-state index contributed by atoms with van der Waals surface area (Å²) in [5, 5.41) is 5.57. The molecule has 1 N–H and O–H groups in total. The van der Waals surface area contributed by atoms with Gasteiger partial charge in [0.1, 0.15) is 6.17 Å². The standard InChI is InChI=1S/C16H24N2OS/c1-11-5-3-6-13(9-8-11)18-15(14-7-4-10-20-14)17-12(2)16(18)19/h4,7,10-13,15,17H,3,5-6,8-9H2,1-2H3. The van der Waals surface area contributed by atoms with E-state index in [-0.39, 0.29) is 18.1 Å². The maximum Gasteiger partial charge on any atom is 0.241 e. The lowest BCUT2D eigenvalue weighted by molar-refractivity contribution is -0.132. The highest BCUT2D eigenvalue weighted by Crippen LogP contribution is 2.35. The molecule has 2 heterocycles. The Bertz CT molecular complexity index is 459. The summed E-state index contributed by atoms with van der Waals surface area (Å²) in [5.41, 5.74) is 0. The third-order valence-electron chi connectivity index (χ3n) is 4.74. The summed E-state index contributed by atoms with van der Waals surface area (Å²) in [6.07, 6.45) is 6.22. The number of thiophene rings is 1. The average Bonchev–Trinajstić information content (AvgIpc) is 2.99. The summed E-state index contributed by atoms with van der Waals surface area (Å²) in [5.74, 6) is 1.09. The molecule has 2 fully saturated rings. The lowest BCUT2D eigenvalue weighted by atomic mass is 10.0. The molecule has 1 saturated carbocycles. The molecule has 1 aromatic heterocycles. The molecule has 1 aromatic rings. The van der Waals surface area contributed by atoms with Crippen LogP contribution in [0.2, 0.25) is 0 Å². The van der Waals surface area contributed by atoms with Crippen molar-refractivity contribution < 1.29 is 4.79 Å². The molecule has 1 aliphatic carbocycles. The minimum atomic E-state index is -0.0530. The van der Waals surface area contributed by atoms with Crippen LogP contribution in [-0.4, -0.2) is 22.9 Å². The van der Waals surface area contributed by atoms with Gasteiger partial charge in [-0.05, 0) is 43.6 Å². The van der Waals surface area contributed by atoms with Gasteiger partial charge in [-0.3, -0.25) is 10.1 Å². The van der Waals surface area contributed by atoms with Gasteiger partial charge < -0.3 is 4.90 Å². The Morgan fingerprint density at radius 2 is 2.10 bits per heavy atom. The third kappa shape index (κ3) is 2.63. The Balaban J connectivity index is 1.82. The molecule has 110 valence electrons. The van der Waals surface area contributed by atoms with Crippen LogP contribution in [0.15, 0.2) is 17.5 Å². The van der Waals surface area contributed by atoms with Crippen molar-refractivity contribution in [2.75, 3.05) is 0 Å². The van der Waals surface area contributed by atoms with Gasteiger partial charge in [-0.15, -0.1) is 11.3 Å². The Hall–Kier alpha value is -0.870. The summed E-state index contributed by atoms with van der Waals surface area (Å²) >= 11 is 1.74. The molecule has 3 rings (SSSR count). The van der Waals surface area contributed by atoms with Gasteiger partial charge in [0, 0.05) is 10.9 Å². The highest BCUT2D eigenvalue weighted by molar-refractivity contribution is 7.10. The number of amides is 1. The Morgan fingerprint density at radius 1 is 1.25 bits per heavy atom. The van der Waals surface area contributed by atoms with Crippen molar-refractivity contribution >= 4 is 17.2 Å².